The van der Waals surface area contributed by atoms with Crippen molar-refractivity contribution < 1.29 is 25.0 Å². The maximum absolute atomic E-state index is 7.58. The van der Waals surface area contributed by atoms with E-state index in [4.69, 9.17) is 19.7 Å². The Morgan fingerprint density at radius 2 is 1.94 bits per heavy atom. The third-order valence-corrected chi connectivity index (χ3v) is 2.97. The number of quaternary nitrogens is 1. The van der Waals surface area contributed by atoms with E-state index in [1.54, 1.807) is 18.2 Å². The van der Waals surface area contributed by atoms with Crippen LogP contribution >= 0.6 is 0 Å². The van der Waals surface area contributed by atoms with Gasteiger partial charge >= 0.3 is 0 Å². The molecule has 1 saturated heterocycles. The molecule has 0 spiro atoms. The first-order valence-corrected chi connectivity index (χ1v) is 5.88. The molecule has 2 heterocycles. The maximum Gasteiger partial charge on any atom is 0.165 e. The molecule has 1 aromatic carbocycles. The third-order valence-electron chi connectivity index (χ3n) is 2.97. The largest absolute Gasteiger partial charge is 0.490 e. The molecule has 2 N–H and O–H groups in total. The smallest absolute Gasteiger partial charge is 0.165 e. The summed E-state index contributed by atoms with van der Waals surface area (Å²) in [6.07, 6.45) is 2.09. The van der Waals surface area contributed by atoms with Gasteiger partial charge in [-0.25, -0.2) is 0 Å². The number of nitrogens with two attached hydrogens (primary N) is 1. The minimum atomic E-state index is -2.54. The zero-order chi connectivity index (χ0) is 15.1. The van der Waals surface area contributed by atoms with E-state index in [1.807, 2.05) is 0 Å². The van der Waals surface area contributed by atoms with E-state index in [9.17, 15) is 0 Å². The molecule has 2 aliphatic rings. The van der Waals surface area contributed by atoms with Gasteiger partial charge in [-0.15, -0.1) is 0 Å². The quantitative estimate of drug-likeness (QED) is 0.821. The summed E-state index contributed by atoms with van der Waals surface area (Å²) in [5.41, 5.74) is 0. The Morgan fingerprint density at radius 1 is 1.18 bits per heavy atom. The number of benzene rings is 1. The highest BCUT2D eigenvalue weighted by Crippen LogP contribution is 2.34. The van der Waals surface area contributed by atoms with Crippen LogP contribution in [0.25, 0.3) is 0 Å². The van der Waals surface area contributed by atoms with Crippen LogP contribution in [0.2, 0.25) is 0 Å². The number of ether oxygens (including phenoxy) is 3. The maximum atomic E-state index is 7.58. The predicted molar refractivity (Wildman–Crippen MR) is 62.7 cm³/mol. The van der Waals surface area contributed by atoms with Crippen molar-refractivity contribution in [2.45, 2.75) is 18.9 Å². The molecule has 0 aliphatic carbocycles. The molecule has 0 radical (unpaired) electrons. The van der Waals surface area contributed by atoms with Crippen LogP contribution in [-0.2, 0) is 0 Å². The molecule has 17 heavy (non-hydrogen) atoms. The van der Waals surface area contributed by atoms with Crippen LogP contribution in [-0.4, -0.2) is 32.3 Å². The van der Waals surface area contributed by atoms with Gasteiger partial charge in [0.2, 0.25) is 0 Å². The summed E-state index contributed by atoms with van der Waals surface area (Å²) in [5.74, 6) is 0.928. The Bertz CT molecular complexity index is 532. The van der Waals surface area contributed by atoms with Gasteiger partial charge in [0.1, 0.15) is 25.0 Å². The van der Waals surface area contributed by atoms with Crippen LogP contribution in [0.3, 0.4) is 0 Å². The Balaban J connectivity index is 1.79. The van der Waals surface area contributed by atoms with Crippen LogP contribution in [0, 0.1) is 0 Å². The van der Waals surface area contributed by atoms with E-state index < -0.39 is 13.1 Å². The monoisotopic (exact) mass is 240 g/mol. The number of fused-ring (bicyclic) bond motifs is 1. The molecule has 4 heteroatoms. The first-order valence-electron chi connectivity index (χ1n) is 7.88. The summed E-state index contributed by atoms with van der Waals surface area (Å²) in [4.78, 5) is 0. The van der Waals surface area contributed by atoms with Crippen LogP contribution in [0.15, 0.2) is 18.2 Å². The summed E-state index contributed by atoms with van der Waals surface area (Å²) >= 11 is 0. The van der Waals surface area contributed by atoms with E-state index in [2.05, 4.69) is 5.32 Å². The molecular formula is C13H18NO3+. The lowest BCUT2D eigenvalue weighted by Gasteiger charge is -2.23. The van der Waals surface area contributed by atoms with Crippen molar-refractivity contribution in [2.75, 3.05) is 26.2 Å². The van der Waals surface area contributed by atoms with Crippen molar-refractivity contribution in [1.82, 2.24) is 0 Å². The summed E-state index contributed by atoms with van der Waals surface area (Å²) in [5, 5.41) is 2.25. The molecule has 0 amide bonds. The van der Waals surface area contributed by atoms with Crippen molar-refractivity contribution in [2.24, 2.45) is 0 Å². The lowest BCUT2D eigenvalue weighted by molar-refractivity contribution is -0.664. The van der Waals surface area contributed by atoms with Gasteiger partial charge in [-0.3, -0.25) is 0 Å². The molecule has 0 atom stereocenters. The van der Waals surface area contributed by atoms with Crippen molar-refractivity contribution in [3.8, 4) is 17.2 Å². The van der Waals surface area contributed by atoms with Gasteiger partial charge in [-0.05, 0) is 12.1 Å². The van der Waals surface area contributed by atoms with Crippen LogP contribution in [0.1, 0.15) is 18.3 Å². The van der Waals surface area contributed by atoms with E-state index >= 15 is 0 Å². The third kappa shape index (κ3) is 2.47. The van der Waals surface area contributed by atoms with Gasteiger partial charge in [0, 0.05) is 18.9 Å². The molecule has 3 rings (SSSR count). The average Bonchev–Trinajstić information content (AvgIpc) is 2.41. The summed E-state index contributed by atoms with van der Waals surface area (Å²) in [6.45, 7) is -2.99. The average molecular weight is 240 g/mol. The van der Waals surface area contributed by atoms with Gasteiger partial charge in [0.15, 0.2) is 11.5 Å². The van der Waals surface area contributed by atoms with Crippen molar-refractivity contribution in [3.63, 3.8) is 0 Å². The topological polar surface area (TPSA) is 44.3 Å². The Labute approximate surface area is 106 Å². The van der Waals surface area contributed by atoms with Gasteiger partial charge in [-0.1, -0.05) is 0 Å². The van der Waals surface area contributed by atoms with Crippen molar-refractivity contribution in [3.05, 3.63) is 18.2 Å². The second-order valence-electron chi connectivity index (χ2n) is 4.20. The van der Waals surface area contributed by atoms with Gasteiger partial charge < -0.3 is 19.5 Å². The molecule has 0 aromatic heterocycles. The fourth-order valence-electron chi connectivity index (χ4n) is 2.08. The minimum Gasteiger partial charge on any atom is -0.490 e. The Hall–Kier alpha value is -1.42. The molecule has 92 valence electrons. The molecule has 2 aliphatic heterocycles. The Kier molecular flexibility index (Phi) is 2.02. The second kappa shape index (κ2) is 4.84. The summed E-state index contributed by atoms with van der Waals surface area (Å²) in [7, 11) is 0. The van der Waals surface area contributed by atoms with Crippen molar-refractivity contribution >= 4 is 0 Å². The van der Waals surface area contributed by atoms with Crippen LogP contribution in [0.4, 0.5) is 0 Å². The van der Waals surface area contributed by atoms with Gasteiger partial charge in [0.25, 0.3) is 0 Å². The van der Waals surface area contributed by atoms with Crippen LogP contribution < -0.4 is 19.5 Å². The van der Waals surface area contributed by atoms with E-state index in [-0.39, 0.29) is 17.6 Å². The number of hydrogen-bond donors (Lipinski definition) is 1. The first kappa shape index (κ1) is 7.11. The zero-order valence-electron chi connectivity index (χ0n) is 13.4. The molecule has 1 fully saturated rings. The highest BCUT2D eigenvalue weighted by molar-refractivity contribution is 5.46. The van der Waals surface area contributed by atoms with Gasteiger partial charge in [0.05, 0.1) is 18.6 Å². The van der Waals surface area contributed by atoms with E-state index in [0.717, 1.165) is 25.9 Å². The molecule has 0 saturated carbocycles. The highest BCUT2D eigenvalue weighted by atomic mass is 16.6. The lowest BCUT2D eigenvalue weighted by Crippen LogP contribution is -2.86. The molecule has 0 unspecified atom stereocenters. The fourth-order valence-corrected chi connectivity index (χ4v) is 2.08. The number of hydrogen-bond acceptors (Lipinski definition) is 3. The number of rotatable bonds is 2. The lowest BCUT2D eigenvalue weighted by atomic mass is 10.1. The molecule has 4 nitrogen and oxygen atoms in total. The SMILES string of the molecule is [2H]C1([2H])Oc2ccc(OC3CC[NH2+]CC3)cc2OC1([2H])[2H]. The predicted octanol–water partition coefficient (Wildman–Crippen LogP) is 0.562. The standard InChI is InChI=1S/C13H17NO3/c1-2-12-13(16-8-7-15-12)9-11(1)17-10-3-5-14-6-4-10/h1-2,9-10,14H,3-8H2/p+1/i7D2,8D2. The second-order valence-corrected chi connectivity index (χ2v) is 4.20. The Morgan fingerprint density at radius 3 is 2.76 bits per heavy atom. The zero-order valence-corrected chi connectivity index (χ0v) is 9.44. The number of piperidine rings is 1. The molecular weight excluding hydrogens is 218 g/mol. The normalized spacial score (nSPS) is 29.4. The molecule has 0 bridgehead atoms. The van der Waals surface area contributed by atoms with Crippen molar-refractivity contribution in [1.29, 1.82) is 0 Å². The van der Waals surface area contributed by atoms with Crippen LogP contribution in [0.5, 0.6) is 17.2 Å². The summed E-state index contributed by atoms with van der Waals surface area (Å²) < 4.78 is 46.3. The molecule has 1 aromatic rings. The summed E-state index contributed by atoms with van der Waals surface area (Å²) in [6, 6.07) is 4.80. The first-order chi connectivity index (χ1) is 9.87. The van der Waals surface area contributed by atoms with E-state index in [1.165, 1.54) is 0 Å². The van der Waals surface area contributed by atoms with E-state index in [0.29, 0.717) is 5.75 Å². The fraction of sp³-hybridized carbons (Fsp3) is 0.538. The van der Waals surface area contributed by atoms with Gasteiger partial charge in [-0.2, -0.15) is 0 Å². The highest BCUT2D eigenvalue weighted by Gasteiger charge is 2.18. The minimum absolute atomic E-state index is 0.153.